The minimum atomic E-state index is -0.0407. The molecule has 84 valence electrons. The monoisotopic (exact) mass is 280 g/mol. The van der Waals surface area contributed by atoms with Crippen molar-refractivity contribution < 1.29 is 4.79 Å². The number of hydrogen-bond donors (Lipinski definition) is 0. The van der Waals surface area contributed by atoms with Crippen LogP contribution in [0.25, 0.3) is 0 Å². The quantitative estimate of drug-likeness (QED) is 0.608. The number of rotatable bonds is 4. The molecule has 1 aromatic rings. The van der Waals surface area contributed by atoms with E-state index in [1.54, 1.807) is 0 Å². The Balaban J connectivity index is 2.04. The summed E-state index contributed by atoms with van der Waals surface area (Å²) in [6.07, 6.45) is 1.93. The standard InChI is InChI=1S/C14H16OSe/c1-4-11-12(14(11,2)3)13(15)16-10-8-6-5-7-9-10/h4-9,11-12H,1H2,2-3H3. The van der Waals surface area contributed by atoms with Crippen molar-refractivity contribution >= 4 is 24.1 Å². The molecule has 1 aromatic carbocycles. The zero-order valence-electron chi connectivity index (χ0n) is 9.64. The molecule has 1 aliphatic rings. The Bertz CT molecular complexity index is 408. The van der Waals surface area contributed by atoms with Crippen LogP contribution >= 0.6 is 0 Å². The molecule has 0 saturated heterocycles. The van der Waals surface area contributed by atoms with Gasteiger partial charge in [-0.1, -0.05) is 0 Å². The molecule has 0 heterocycles. The van der Waals surface area contributed by atoms with E-state index in [1.165, 1.54) is 4.46 Å². The number of carbonyl (C=O) groups is 1. The van der Waals surface area contributed by atoms with Gasteiger partial charge in [0.2, 0.25) is 0 Å². The summed E-state index contributed by atoms with van der Waals surface area (Å²) in [5, 5.41) is 0. The van der Waals surface area contributed by atoms with Gasteiger partial charge in [-0.05, 0) is 0 Å². The van der Waals surface area contributed by atoms with Gasteiger partial charge in [-0.15, -0.1) is 0 Å². The van der Waals surface area contributed by atoms with Gasteiger partial charge in [-0.25, -0.2) is 0 Å². The van der Waals surface area contributed by atoms with Crippen molar-refractivity contribution in [2.75, 3.05) is 0 Å². The summed E-state index contributed by atoms with van der Waals surface area (Å²) < 4.78 is 1.58. The van der Waals surface area contributed by atoms with Crippen molar-refractivity contribution in [3.63, 3.8) is 0 Å². The molecule has 2 rings (SSSR count). The third-order valence-corrected chi connectivity index (χ3v) is 5.40. The Morgan fingerprint density at radius 1 is 1.38 bits per heavy atom. The van der Waals surface area contributed by atoms with Crippen LogP contribution in [0.4, 0.5) is 0 Å². The van der Waals surface area contributed by atoms with E-state index in [4.69, 9.17) is 0 Å². The fraction of sp³-hybridized carbons (Fsp3) is 0.357. The van der Waals surface area contributed by atoms with Gasteiger partial charge < -0.3 is 0 Å². The topological polar surface area (TPSA) is 17.1 Å². The normalized spacial score (nSPS) is 26.1. The fourth-order valence-corrected chi connectivity index (χ4v) is 4.55. The van der Waals surface area contributed by atoms with Gasteiger partial charge in [0.15, 0.2) is 0 Å². The summed E-state index contributed by atoms with van der Waals surface area (Å²) in [5.41, 5.74) is 0.134. The molecule has 2 unspecified atom stereocenters. The SMILES string of the molecule is C=CC1C(C(=O)[Se]c2ccccc2)C1(C)C. The van der Waals surface area contributed by atoms with E-state index in [9.17, 15) is 4.79 Å². The molecule has 1 fully saturated rings. The molecule has 2 atom stereocenters. The average molecular weight is 279 g/mol. The molecule has 1 aliphatic carbocycles. The molecule has 0 aliphatic heterocycles. The van der Waals surface area contributed by atoms with Gasteiger partial charge in [-0.2, -0.15) is 0 Å². The van der Waals surface area contributed by atoms with Crippen LogP contribution < -0.4 is 4.46 Å². The molecule has 16 heavy (non-hydrogen) atoms. The van der Waals surface area contributed by atoms with Gasteiger partial charge >= 0.3 is 103 Å². The Labute approximate surface area is 103 Å². The molecular formula is C14H16OSe. The van der Waals surface area contributed by atoms with Crippen LogP contribution in [0.2, 0.25) is 0 Å². The first-order valence-corrected chi connectivity index (χ1v) is 7.18. The first-order valence-electron chi connectivity index (χ1n) is 5.46. The van der Waals surface area contributed by atoms with Crippen molar-refractivity contribution in [3.8, 4) is 0 Å². The molecule has 0 radical (unpaired) electrons. The maximum atomic E-state index is 12.1. The second kappa shape index (κ2) is 4.20. The number of allylic oxidation sites excluding steroid dienone is 1. The van der Waals surface area contributed by atoms with E-state index in [0.717, 1.165) is 0 Å². The summed E-state index contributed by atoms with van der Waals surface area (Å²) in [6, 6.07) is 10.0. The summed E-state index contributed by atoms with van der Waals surface area (Å²) >= 11 is -0.0407. The molecule has 1 saturated carbocycles. The summed E-state index contributed by atoms with van der Waals surface area (Å²) in [7, 11) is 0. The number of hydrogen-bond acceptors (Lipinski definition) is 1. The summed E-state index contributed by atoms with van der Waals surface area (Å²) in [4.78, 5) is 12.1. The molecule has 0 aromatic heterocycles. The second-order valence-electron chi connectivity index (χ2n) is 4.79. The Kier molecular flexibility index (Phi) is 3.05. The van der Waals surface area contributed by atoms with Gasteiger partial charge in [0.25, 0.3) is 0 Å². The van der Waals surface area contributed by atoms with E-state index < -0.39 is 0 Å². The number of benzene rings is 1. The van der Waals surface area contributed by atoms with E-state index in [1.807, 2.05) is 36.4 Å². The van der Waals surface area contributed by atoms with Crippen LogP contribution in [-0.2, 0) is 4.79 Å². The molecule has 0 bridgehead atoms. The van der Waals surface area contributed by atoms with Crippen molar-refractivity contribution in [1.82, 2.24) is 0 Å². The van der Waals surface area contributed by atoms with Gasteiger partial charge in [0.05, 0.1) is 0 Å². The molecule has 2 heteroatoms. The van der Waals surface area contributed by atoms with Crippen molar-refractivity contribution in [2.24, 2.45) is 17.3 Å². The van der Waals surface area contributed by atoms with Gasteiger partial charge in [0, 0.05) is 0 Å². The van der Waals surface area contributed by atoms with E-state index in [-0.39, 0.29) is 26.3 Å². The zero-order chi connectivity index (χ0) is 11.8. The predicted molar refractivity (Wildman–Crippen MR) is 67.8 cm³/mol. The van der Waals surface area contributed by atoms with Gasteiger partial charge in [-0.3, -0.25) is 0 Å². The maximum absolute atomic E-state index is 12.1. The predicted octanol–water partition coefficient (Wildman–Crippen LogP) is 2.00. The van der Waals surface area contributed by atoms with Gasteiger partial charge in [0.1, 0.15) is 0 Å². The molecule has 1 nitrogen and oxygen atoms in total. The Morgan fingerprint density at radius 3 is 2.50 bits per heavy atom. The second-order valence-corrected chi connectivity index (χ2v) is 7.06. The Morgan fingerprint density at radius 2 is 2.00 bits per heavy atom. The first-order chi connectivity index (χ1) is 7.57. The van der Waals surface area contributed by atoms with E-state index in [2.05, 4.69) is 20.4 Å². The van der Waals surface area contributed by atoms with Crippen LogP contribution in [0.15, 0.2) is 43.0 Å². The molecule has 0 amide bonds. The van der Waals surface area contributed by atoms with Crippen LogP contribution in [0.5, 0.6) is 0 Å². The van der Waals surface area contributed by atoms with Crippen LogP contribution in [0, 0.1) is 17.3 Å². The van der Waals surface area contributed by atoms with E-state index >= 15 is 0 Å². The molecular weight excluding hydrogens is 263 g/mol. The minimum absolute atomic E-state index is 0.0407. The summed E-state index contributed by atoms with van der Waals surface area (Å²) in [6.45, 7) is 8.12. The molecule has 0 spiro atoms. The first kappa shape index (κ1) is 11.6. The van der Waals surface area contributed by atoms with Crippen molar-refractivity contribution in [1.29, 1.82) is 0 Å². The fourth-order valence-electron chi connectivity index (χ4n) is 2.24. The van der Waals surface area contributed by atoms with Crippen molar-refractivity contribution in [2.45, 2.75) is 13.8 Å². The Hall–Kier alpha value is -0.851. The van der Waals surface area contributed by atoms with Crippen LogP contribution in [0.1, 0.15) is 13.8 Å². The summed E-state index contributed by atoms with van der Waals surface area (Å²) in [5.74, 6) is 0.579. The van der Waals surface area contributed by atoms with Crippen molar-refractivity contribution in [3.05, 3.63) is 43.0 Å². The van der Waals surface area contributed by atoms with Crippen LogP contribution in [-0.4, -0.2) is 19.6 Å². The zero-order valence-corrected chi connectivity index (χ0v) is 11.4. The number of carbonyl (C=O) groups excluding carboxylic acids is 1. The average Bonchev–Trinajstić information content (AvgIpc) is 2.82. The third-order valence-electron chi connectivity index (χ3n) is 3.38. The third kappa shape index (κ3) is 2.00. The van der Waals surface area contributed by atoms with Crippen LogP contribution in [0.3, 0.4) is 0 Å². The molecule has 0 N–H and O–H groups in total. The van der Waals surface area contributed by atoms with E-state index in [0.29, 0.717) is 10.6 Å².